The van der Waals surface area contributed by atoms with Crippen molar-refractivity contribution in [2.24, 2.45) is 0 Å². The van der Waals surface area contributed by atoms with Crippen LogP contribution in [0.2, 0.25) is 5.02 Å². The van der Waals surface area contributed by atoms with Gasteiger partial charge in [-0.2, -0.15) is 0 Å². The lowest BCUT2D eigenvalue weighted by Crippen LogP contribution is -2.32. The molecule has 0 aromatic heterocycles. The van der Waals surface area contributed by atoms with Crippen molar-refractivity contribution < 1.29 is 14.3 Å². The Bertz CT molecular complexity index is 792. The van der Waals surface area contributed by atoms with Crippen LogP contribution in [-0.2, 0) is 4.79 Å². The van der Waals surface area contributed by atoms with Gasteiger partial charge in [0.15, 0.2) is 0 Å². The van der Waals surface area contributed by atoms with E-state index in [2.05, 4.69) is 0 Å². The normalized spacial score (nSPS) is 16.0. The summed E-state index contributed by atoms with van der Waals surface area (Å²) in [4.78, 5) is 26.0. The van der Waals surface area contributed by atoms with Gasteiger partial charge in [0, 0.05) is 5.02 Å². The molecule has 1 aliphatic rings. The van der Waals surface area contributed by atoms with Gasteiger partial charge in [-0.25, -0.2) is 0 Å². The van der Waals surface area contributed by atoms with Crippen molar-refractivity contribution in [3.8, 4) is 5.75 Å². The zero-order valence-electron chi connectivity index (χ0n) is 12.6. The Labute approximate surface area is 149 Å². The fraction of sp³-hybridized carbons (Fsp3) is 0.111. The number of nitrogens with zero attached hydrogens (tertiary/aromatic N) is 1. The molecule has 1 saturated heterocycles. The van der Waals surface area contributed by atoms with Gasteiger partial charge in [-0.3, -0.25) is 14.5 Å². The van der Waals surface area contributed by atoms with Crippen molar-refractivity contribution >= 4 is 40.6 Å². The average molecular weight is 360 g/mol. The van der Waals surface area contributed by atoms with Gasteiger partial charge in [-0.15, -0.1) is 0 Å². The first-order chi connectivity index (χ1) is 11.6. The van der Waals surface area contributed by atoms with Crippen LogP contribution in [0.1, 0.15) is 5.56 Å². The summed E-state index contributed by atoms with van der Waals surface area (Å²) in [7, 11) is 0. The molecule has 1 heterocycles. The second-order valence-electron chi connectivity index (χ2n) is 5.05. The van der Waals surface area contributed by atoms with Gasteiger partial charge in [0.25, 0.3) is 11.1 Å². The number of para-hydroxylation sites is 1. The van der Waals surface area contributed by atoms with Crippen molar-refractivity contribution in [1.29, 1.82) is 0 Å². The maximum absolute atomic E-state index is 12.4. The summed E-state index contributed by atoms with van der Waals surface area (Å²) in [5.74, 6) is 0.403. The molecule has 1 fully saturated rings. The summed E-state index contributed by atoms with van der Waals surface area (Å²) in [6.45, 7) is 0.471. The number of carbonyl (C=O) groups is 2. The van der Waals surface area contributed by atoms with E-state index in [0.717, 1.165) is 17.3 Å². The number of rotatable bonds is 5. The highest BCUT2D eigenvalue weighted by molar-refractivity contribution is 8.18. The highest BCUT2D eigenvalue weighted by Crippen LogP contribution is 2.32. The van der Waals surface area contributed by atoms with Crippen LogP contribution in [0.4, 0.5) is 4.79 Å². The van der Waals surface area contributed by atoms with E-state index in [4.69, 9.17) is 16.3 Å². The molecular formula is C18H14ClNO3S. The van der Waals surface area contributed by atoms with Gasteiger partial charge in [0.2, 0.25) is 0 Å². The Kier molecular flexibility index (Phi) is 5.23. The number of carbonyl (C=O) groups excluding carboxylic acids is 2. The van der Waals surface area contributed by atoms with Crippen molar-refractivity contribution in [2.75, 3.05) is 13.2 Å². The van der Waals surface area contributed by atoms with Crippen molar-refractivity contribution in [3.63, 3.8) is 0 Å². The predicted octanol–water partition coefficient (Wildman–Crippen LogP) is 4.46. The molecule has 0 atom stereocenters. The third-order valence-corrected chi connectivity index (χ3v) is 4.49. The molecule has 0 spiro atoms. The average Bonchev–Trinajstić information content (AvgIpc) is 2.83. The van der Waals surface area contributed by atoms with E-state index in [-0.39, 0.29) is 24.3 Å². The van der Waals surface area contributed by atoms with E-state index in [1.807, 2.05) is 36.4 Å². The van der Waals surface area contributed by atoms with Crippen LogP contribution in [0.25, 0.3) is 6.08 Å². The lowest BCUT2D eigenvalue weighted by atomic mass is 10.2. The molecule has 4 nitrogen and oxygen atoms in total. The first kappa shape index (κ1) is 16.6. The molecule has 0 N–H and O–H groups in total. The summed E-state index contributed by atoms with van der Waals surface area (Å²) in [5, 5.41) is 0.296. The Morgan fingerprint density at radius 1 is 1.08 bits per heavy atom. The monoisotopic (exact) mass is 359 g/mol. The van der Waals surface area contributed by atoms with Crippen LogP contribution in [0.5, 0.6) is 5.75 Å². The first-order valence-electron chi connectivity index (χ1n) is 7.32. The molecule has 24 heavy (non-hydrogen) atoms. The van der Waals surface area contributed by atoms with E-state index in [1.165, 1.54) is 4.90 Å². The van der Waals surface area contributed by atoms with Gasteiger partial charge in [-0.05, 0) is 47.7 Å². The number of imide groups is 1. The van der Waals surface area contributed by atoms with Crippen molar-refractivity contribution in [2.45, 2.75) is 0 Å². The summed E-state index contributed by atoms with van der Waals surface area (Å²) in [6, 6.07) is 16.4. The van der Waals surface area contributed by atoms with E-state index >= 15 is 0 Å². The zero-order chi connectivity index (χ0) is 16.9. The van der Waals surface area contributed by atoms with E-state index in [1.54, 1.807) is 24.3 Å². The molecule has 0 unspecified atom stereocenters. The predicted molar refractivity (Wildman–Crippen MR) is 96.1 cm³/mol. The molecule has 0 aliphatic carbocycles. The molecule has 2 aromatic carbocycles. The van der Waals surface area contributed by atoms with Crippen molar-refractivity contribution in [1.82, 2.24) is 4.90 Å². The number of halogens is 1. The number of hydrogen-bond donors (Lipinski definition) is 0. The van der Waals surface area contributed by atoms with Crippen LogP contribution in [0.3, 0.4) is 0 Å². The van der Waals surface area contributed by atoms with Gasteiger partial charge < -0.3 is 4.74 Å². The largest absolute Gasteiger partial charge is 0.492 e. The standard InChI is InChI=1S/C18H14ClNO3S/c19-14-6-4-5-13(11-14)12-16-17(21)20(18(22)24-16)9-10-23-15-7-2-1-3-8-15/h1-8,11-12H,9-10H2/b16-12-. The molecule has 0 saturated carbocycles. The SMILES string of the molecule is O=C1S/C(=C\c2cccc(Cl)c2)C(=O)N1CCOc1ccccc1. The van der Waals surface area contributed by atoms with Gasteiger partial charge in [0.05, 0.1) is 11.4 Å². The van der Waals surface area contributed by atoms with Crippen LogP contribution < -0.4 is 4.74 Å². The minimum Gasteiger partial charge on any atom is -0.492 e. The highest BCUT2D eigenvalue weighted by Gasteiger charge is 2.34. The zero-order valence-corrected chi connectivity index (χ0v) is 14.2. The fourth-order valence-corrected chi connectivity index (χ4v) is 3.28. The molecule has 6 heteroatoms. The Balaban J connectivity index is 1.63. The number of hydrogen-bond acceptors (Lipinski definition) is 4. The maximum atomic E-state index is 12.4. The van der Waals surface area contributed by atoms with Gasteiger partial charge in [-0.1, -0.05) is 41.9 Å². The maximum Gasteiger partial charge on any atom is 0.293 e. The second-order valence-corrected chi connectivity index (χ2v) is 6.48. The lowest BCUT2D eigenvalue weighted by molar-refractivity contribution is -0.123. The molecule has 122 valence electrons. The molecule has 0 bridgehead atoms. The number of amides is 2. The summed E-state index contributed by atoms with van der Waals surface area (Å²) in [5.41, 5.74) is 0.786. The Morgan fingerprint density at radius 3 is 2.62 bits per heavy atom. The molecule has 3 rings (SSSR count). The van der Waals surface area contributed by atoms with Crippen LogP contribution >= 0.6 is 23.4 Å². The highest BCUT2D eigenvalue weighted by atomic mass is 35.5. The number of benzene rings is 2. The third-order valence-electron chi connectivity index (χ3n) is 3.35. The molecule has 0 radical (unpaired) electrons. The molecule has 2 aromatic rings. The summed E-state index contributed by atoms with van der Waals surface area (Å²) in [6.07, 6.45) is 1.68. The van der Waals surface area contributed by atoms with Crippen LogP contribution in [-0.4, -0.2) is 29.2 Å². The first-order valence-corrected chi connectivity index (χ1v) is 8.52. The topological polar surface area (TPSA) is 46.6 Å². The van der Waals surface area contributed by atoms with Crippen LogP contribution in [0, 0.1) is 0 Å². The van der Waals surface area contributed by atoms with E-state index in [0.29, 0.717) is 15.7 Å². The van der Waals surface area contributed by atoms with Gasteiger partial charge in [0.1, 0.15) is 12.4 Å². The van der Waals surface area contributed by atoms with Crippen LogP contribution in [0.15, 0.2) is 59.5 Å². The number of thioether (sulfide) groups is 1. The van der Waals surface area contributed by atoms with E-state index < -0.39 is 0 Å². The third kappa shape index (κ3) is 3.99. The number of ether oxygens (including phenoxy) is 1. The van der Waals surface area contributed by atoms with Gasteiger partial charge >= 0.3 is 0 Å². The smallest absolute Gasteiger partial charge is 0.293 e. The molecule has 1 aliphatic heterocycles. The lowest BCUT2D eigenvalue weighted by Gasteiger charge is -2.13. The minimum absolute atomic E-state index is 0.215. The fourth-order valence-electron chi connectivity index (χ4n) is 2.21. The Morgan fingerprint density at radius 2 is 1.88 bits per heavy atom. The summed E-state index contributed by atoms with van der Waals surface area (Å²) < 4.78 is 5.54. The quantitative estimate of drug-likeness (QED) is 0.740. The minimum atomic E-state index is -0.304. The van der Waals surface area contributed by atoms with E-state index in [9.17, 15) is 9.59 Å². The molecular weight excluding hydrogens is 346 g/mol. The van der Waals surface area contributed by atoms with Crippen molar-refractivity contribution in [3.05, 3.63) is 70.1 Å². The second kappa shape index (κ2) is 7.55. The Hall–Kier alpha value is -2.24. The summed E-state index contributed by atoms with van der Waals surface area (Å²) >= 11 is 6.86. The molecule has 2 amide bonds.